The summed E-state index contributed by atoms with van der Waals surface area (Å²) in [6, 6.07) is 28.0. The molecule has 5 rings (SSSR count). The third kappa shape index (κ3) is 4.78. The summed E-state index contributed by atoms with van der Waals surface area (Å²) in [4.78, 5) is 14.9. The lowest BCUT2D eigenvalue weighted by atomic mass is 9.99. The van der Waals surface area contributed by atoms with Gasteiger partial charge >= 0.3 is 6.09 Å². The molecule has 5 heteroatoms. The Bertz CT molecular complexity index is 1020. The van der Waals surface area contributed by atoms with E-state index in [0.717, 1.165) is 24.6 Å². The van der Waals surface area contributed by atoms with Crippen LogP contribution < -0.4 is 10.1 Å². The fourth-order valence-electron chi connectivity index (χ4n) is 5.05. The van der Waals surface area contributed by atoms with Crippen molar-refractivity contribution >= 4 is 11.8 Å². The zero-order chi connectivity index (χ0) is 21.8. The van der Waals surface area contributed by atoms with Gasteiger partial charge in [0.15, 0.2) is 0 Å². The maximum absolute atomic E-state index is 12.4. The van der Waals surface area contributed by atoms with Crippen LogP contribution in [0.4, 0.5) is 10.5 Å². The first-order valence-electron chi connectivity index (χ1n) is 11.3. The van der Waals surface area contributed by atoms with Crippen molar-refractivity contribution < 1.29 is 14.3 Å². The van der Waals surface area contributed by atoms with Crippen molar-refractivity contribution in [1.82, 2.24) is 4.90 Å². The molecule has 1 aliphatic carbocycles. The van der Waals surface area contributed by atoms with Gasteiger partial charge in [-0.25, -0.2) is 4.79 Å². The SMILES string of the molecule is O=C(Nc1ccc(Oc2ccccc2)cc1)OCC1C2CCC1N(Cc1ccccc1)C2. The van der Waals surface area contributed by atoms with Crippen molar-refractivity contribution in [3.05, 3.63) is 90.5 Å². The second kappa shape index (κ2) is 9.45. The normalized spacial score (nSPS) is 21.9. The number of nitrogens with one attached hydrogen (secondary N) is 1. The van der Waals surface area contributed by atoms with Crippen LogP contribution in [0.15, 0.2) is 84.9 Å². The van der Waals surface area contributed by atoms with Crippen molar-refractivity contribution in [2.45, 2.75) is 25.4 Å². The van der Waals surface area contributed by atoms with E-state index in [1.165, 1.54) is 18.4 Å². The summed E-state index contributed by atoms with van der Waals surface area (Å²) in [5.41, 5.74) is 2.03. The second-order valence-electron chi connectivity index (χ2n) is 8.65. The molecule has 3 aromatic carbocycles. The van der Waals surface area contributed by atoms with E-state index in [9.17, 15) is 4.79 Å². The summed E-state index contributed by atoms with van der Waals surface area (Å²) in [7, 11) is 0. The van der Waals surface area contributed by atoms with Crippen LogP contribution >= 0.6 is 0 Å². The predicted octanol–water partition coefficient (Wildman–Crippen LogP) is 5.94. The first-order chi connectivity index (χ1) is 15.7. The van der Waals surface area contributed by atoms with Crippen LogP contribution in [0, 0.1) is 11.8 Å². The molecular weight excluding hydrogens is 400 g/mol. The highest BCUT2D eigenvalue weighted by molar-refractivity contribution is 5.84. The number of nitrogens with zero attached hydrogens (tertiary/aromatic N) is 1. The number of hydrogen-bond donors (Lipinski definition) is 1. The van der Waals surface area contributed by atoms with Gasteiger partial charge in [-0.3, -0.25) is 10.2 Å². The van der Waals surface area contributed by atoms with Crippen LogP contribution in [0.1, 0.15) is 18.4 Å². The summed E-state index contributed by atoms with van der Waals surface area (Å²) in [6.07, 6.45) is 2.02. The van der Waals surface area contributed by atoms with Crippen molar-refractivity contribution in [3.8, 4) is 11.5 Å². The van der Waals surface area contributed by atoms with Gasteiger partial charge < -0.3 is 9.47 Å². The minimum atomic E-state index is -0.400. The van der Waals surface area contributed by atoms with Gasteiger partial charge in [-0.1, -0.05) is 48.5 Å². The number of para-hydroxylation sites is 1. The van der Waals surface area contributed by atoms with E-state index < -0.39 is 6.09 Å². The van der Waals surface area contributed by atoms with Crippen LogP contribution in [-0.4, -0.2) is 30.2 Å². The van der Waals surface area contributed by atoms with E-state index in [0.29, 0.717) is 30.2 Å². The molecule has 2 bridgehead atoms. The lowest BCUT2D eigenvalue weighted by Crippen LogP contribution is -2.33. The number of rotatable bonds is 7. The minimum Gasteiger partial charge on any atom is -0.457 e. The van der Waals surface area contributed by atoms with Gasteiger partial charge in [0.25, 0.3) is 0 Å². The van der Waals surface area contributed by atoms with Gasteiger partial charge in [0, 0.05) is 30.7 Å². The van der Waals surface area contributed by atoms with Crippen LogP contribution in [0.3, 0.4) is 0 Å². The average Bonchev–Trinajstić information content (AvgIpc) is 3.37. The van der Waals surface area contributed by atoms with Crippen molar-refractivity contribution in [3.63, 3.8) is 0 Å². The summed E-state index contributed by atoms with van der Waals surface area (Å²) >= 11 is 0. The highest BCUT2D eigenvalue weighted by Gasteiger charge is 2.46. The van der Waals surface area contributed by atoms with Crippen LogP contribution in [0.5, 0.6) is 11.5 Å². The number of hydrogen-bond acceptors (Lipinski definition) is 4. The second-order valence-corrected chi connectivity index (χ2v) is 8.65. The lowest BCUT2D eigenvalue weighted by molar-refractivity contribution is 0.125. The standard InChI is InChI=1S/C27H28N2O3/c30-27(28-22-12-14-24(15-13-22)32-23-9-5-2-6-10-23)31-19-25-21-11-16-26(25)29(18-21)17-20-7-3-1-4-8-20/h1-10,12-15,21,25-26H,11,16-19H2,(H,28,30). The molecule has 5 nitrogen and oxygen atoms in total. The highest BCUT2D eigenvalue weighted by atomic mass is 16.5. The molecule has 2 fully saturated rings. The Labute approximate surface area is 189 Å². The predicted molar refractivity (Wildman–Crippen MR) is 125 cm³/mol. The Balaban J connectivity index is 1.10. The molecule has 1 N–H and O–H groups in total. The monoisotopic (exact) mass is 428 g/mol. The smallest absolute Gasteiger partial charge is 0.411 e. The van der Waals surface area contributed by atoms with E-state index in [1.807, 2.05) is 54.6 Å². The molecule has 32 heavy (non-hydrogen) atoms. The first-order valence-corrected chi connectivity index (χ1v) is 11.3. The molecule has 3 unspecified atom stereocenters. The number of likely N-dealkylation sites (tertiary alicyclic amines) is 1. The Hall–Kier alpha value is -3.31. The number of fused-ring (bicyclic) bond motifs is 2. The lowest BCUT2D eigenvalue weighted by Gasteiger charge is -2.27. The van der Waals surface area contributed by atoms with Gasteiger partial charge in [-0.2, -0.15) is 0 Å². The quantitative estimate of drug-likeness (QED) is 0.506. The number of piperidine rings is 1. The van der Waals surface area contributed by atoms with Gasteiger partial charge in [0.1, 0.15) is 11.5 Å². The molecule has 0 radical (unpaired) electrons. The summed E-state index contributed by atoms with van der Waals surface area (Å²) in [5, 5.41) is 2.83. The Morgan fingerprint density at radius 3 is 2.31 bits per heavy atom. The van der Waals surface area contributed by atoms with Crippen LogP contribution in [0.2, 0.25) is 0 Å². The summed E-state index contributed by atoms with van der Waals surface area (Å²) < 4.78 is 11.4. The maximum atomic E-state index is 12.4. The fourth-order valence-corrected chi connectivity index (χ4v) is 5.05. The van der Waals surface area contributed by atoms with Gasteiger partial charge in [-0.15, -0.1) is 0 Å². The van der Waals surface area contributed by atoms with Crippen molar-refractivity contribution in [2.75, 3.05) is 18.5 Å². The fraction of sp³-hybridized carbons (Fsp3) is 0.296. The summed E-state index contributed by atoms with van der Waals surface area (Å²) in [5.74, 6) is 2.54. The molecule has 3 aromatic rings. The number of amides is 1. The van der Waals surface area contributed by atoms with E-state index in [-0.39, 0.29) is 0 Å². The molecule has 1 saturated heterocycles. The van der Waals surface area contributed by atoms with Crippen molar-refractivity contribution in [1.29, 1.82) is 0 Å². The first kappa shape index (κ1) is 20.6. The zero-order valence-electron chi connectivity index (χ0n) is 18.0. The Kier molecular flexibility index (Phi) is 6.08. The van der Waals surface area contributed by atoms with Crippen molar-refractivity contribution in [2.24, 2.45) is 11.8 Å². The number of ether oxygens (including phenoxy) is 2. The number of anilines is 1. The molecule has 164 valence electrons. The molecule has 2 aliphatic rings. The molecule has 0 aromatic heterocycles. The Morgan fingerprint density at radius 2 is 1.56 bits per heavy atom. The molecule has 1 aliphatic heterocycles. The Morgan fingerprint density at radius 1 is 0.875 bits per heavy atom. The largest absolute Gasteiger partial charge is 0.457 e. The zero-order valence-corrected chi connectivity index (χ0v) is 18.0. The molecule has 1 amide bonds. The molecular formula is C27H28N2O3. The van der Waals surface area contributed by atoms with Gasteiger partial charge in [-0.05, 0) is 60.7 Å². The molecule has 1 heterocycles. The minimum absolute atomic E-state index is 0.400. The third-order valence-electron chi connectivity index (χ3n) is 6.59. The third-order valence-corrected chi connectivity index (χ3v) is 6.59. The van der Waals surface area contributed by atoms with E-state index in [2.05, 4.69) is 40.5 Å². The molecule has 0 spiro atoms. The van der Waals surface area contributed by atoms with E-state index in [1.54, 1.807) is 0 Å². The average molecular weight is 429 g/mol. The van der Waals surface area contributed by atoms with Crippen LogP contribution in [-0.2, 0) is 11.3 Å². The number of benzene rings is 3. The van der Waals surface area contributed by atoms with E-state index in [4.69, 9.17) is 9.47 Å². The van der Waals surface area contributed by atoms with Crippen LogP contribution in [0.25, 0.3) is 0 Å². The molecule has 1 saturated carbocycles. The van der Waals surface area contributed by atoms with Gasteiger partial charge in [0.2, 0.25) is 0 Å². The molecule has 3 atom stereocenters. The number of carbonyl (C=O) groups excluding carboxylic acids is 1. The number of carbonyl (C=O) groups is 1. The summed E-state index contributed by atoms with van der Waals surface area (Å²) in [6.45, 7) is 2.54. The highest BCUT2D eigenvalue weighted by Crippen LogP contribution is 2.43. The topological polar surface area (TPSA) is 50.8 Å². The van der Waals surface area contributed by atoms with E-state index >= 15 is 0 Å². The maximum Gasteiger partial charge on any atom is 0.411 e. The van der Waals surface area contributed by atoms with Gasteiger partial charge in [0.05, 0.1) is 6.61 Å².